The second-order valence-electron chi connectivity index (χ2n) is 9.44. The zero-order valence-electron chi connectivity index (χ0n) is 18.7. The van der Waals surface area contributed by atoms with E-state index in [1.54, 1.807) is 17.3 Å². The van der Waals surface area contributed by atoms with Crippen LogP contribution in [-0.2, 0) is 9.53 Å². The first-order valence-corrected chi connectivity index (χ1v) is 11.8. The average molecular weight is 508 g/mol. The molecule has 0 bridgehead atoms. The van der Waals surface area contributed by atoms with E-state index in [0.29, 0.717) is 30.9 Å². The molecule has 32 heavy (non-hydrogen) atoms. The molecule has 2 aromatic rings. The van der Waals surface area contributed by atoms with Crippen molar-refractivity contribution in [3.8, 4) is 0 Å². The number of hydrogen-bond donors (Lipinski definition) is 3. The van der Waals surface area contributed by atoms with Crippen LogP contribution in [0.4, 0.5) is 16.2 Å². The Kier molecular flexibility index (Phi) is 6.35. The zero-order chi connectivity index (χ0) is 23.0. The Balaban J connectivity index is 1.67. The van der Waals surface area contributed by atoms with Crippen molar-refractivity contribution in [2.45, 2.75) is 64.1 Å². The highest BCUT2D eigenvalue weighted by Gasteiger charge is 2.37. The van der Waals surface area contributed by atoms with Crippen LogP contribution in [0.15, 0.2) is 16.9 Å². The largest absolute Gasteiger partial charge is 0.465 e. The Hall–Kier alpha value is -2.33. The number of halogens is 1. The third kappa shape index (κ3) is 4.43. The van der Waals surface area contributed by atoms with Crippen molar-refractivity contribution in [1.29, 1.82) is 0 Å². The highest BCUT2D eigenvalue weighted by atomic mass is 79.9. The fraction of sp³-hybridized carbons (Fsp3) is 0.591. The first kappa shape index (κ1) is 22.8. The van der Waals surface area contributed by atoms with Crippen LogP contribution in [0.2, 0.25) is 0 Å². The van der Waals surface area contributed by atoms with Gasteiger partial charge in [0, 0.05) is 37.6 Å². The Morgan fingerprint density at radius 1 is 1.34 bits per heavy atom. The van der Waals surface area contributed by atoms with Crippen molar-refractivity contribution in [1.82, 2.24) is 14.9 Å². The minimum atomic E-state index is -0.908. The summed E-state index contributed by atoms with van der Waals surface area (Å²) in [6.45, 7) is 7.72. The lowest BCUT2D eigenvalue weighted by atomic mass is 9.97. The summed E-state index contributed by atoms with van der Waals surface area (Å²) in [6, 6.07) is -0.139. The van der Waals surface area contributed by atoms with E-state index in [-0.39, 0.29) is 11.9 Å². The van der Waals surface area contributed by atoms with Crippen LogP contribution in [0.1, 0.15) is 46.5 Å². The van der Waals surface area contributed by atoms with E-state index < -0.39 is 17.7 Å². The molecule has 0 aromatic carbocycles. The summed E-state index contributed by atoms with van der Waals surface area (Å²) in [5.41, 5.74) is 1.72. The smallest absolute Gasteiger partial charge is 0.408 e. The number of piperidine rings is 1. The van der Waals surface area contributed by atoms with Gasteiger partial charge in [-0.05, 0) is 62.4 Å². The number of carbonyl (C=O) groups excluding carboxylic acids is 1. The van der Waals surface area contributed by atoms with Gasteiger partial charge in [0.15, 0.2) is 0 Å². The van der Waals surface area contributed by atoms with Gasteiger partial charge in [-0.3, -0.25) is 9.69 Å². The SMILES string of the molecule is CC(C)(C)N(C(=O)O)[C@@H]1CCCN(c2c(Br)cnc3[nH]cc(NC(=O)C4CCCO4)c23)C1. The van der Waals surface area contributed by atoms with Gasteiger partial charge in [-0.1, -0.05) is 0 Å². The molecule has 0 spiro atoms. The molecule has 9 nitrogen and oxygen atoms in total. The number of pyridine rings is 1. The van der Waals surface area contributed by atoms with E-state index in [0.717, 1.165) is 41.4 Å². The molecule has 174 valence electrons. The molecule has 0 radical (unpaired) electrons. The maximum Gasteiger partial charge on any atom is 0.408 e. The number of aromatic amines is 1. The van der Waals surface area contributed by atoms with Gasteiger partial charge in [0.2, 0.25) is 0 Å². The minimum Gasteiger partial charge on any atom is -0.465 e. The molecule has 10 heteroatoms. The molecule has 1 unspecified atom stereocenters. The number of ether oxygens (including phenoxy) is 1. The molecule has 2 atom stereocenters. The Morgan fingerprint density at radius 3 is 2.78 bits per heavy atom. The standard InChI is InChI=1S/C22H30BrN5O4/c1-22(2,3)28(21(30)31)13-6-4-8-27(12-13)18-14(23)10-24-19-17(18)15(11-25-19)26-20(29)16-7-5-9-32-16/h10-11,13,16H,4-9,12H2,1-3H3,(H,24,25)(H,26,29)(H,30,31)/t13-,16?/m1/s1. The zero-order valence-corrected chi connectivity index (χ0v) is 20.2. The van der Waals surface area contributed by atoms with Crippen molar-refractivity contribution >= 4 is 50.3 Å². The number of carboxylic acid groups (broad SMARTS) is 1. The lowest BCUT2D eigenvalue weighted by Crippen LogP contribution is -2.56. The molecule has 2 saturated heterocycles. The molecule has 2 aromatic heterocycles. The highest BCUT2D eigenvalue weighted by molar-refractivity contribution is 9.10. The highest BCUT2D eigenvalue weighted by Crippen LogP contribution is 2.40. The topological polar surface area (TPSA) is 111 Å². The number of carbonyl (C=O) groups is 2. The summed E-state index contributed by atoms with van der Waals surface area (Å²) in [5, 5.41) is 13.7. The third-order valence-electron chi connectivity index (χ3n) is 6.12. The number of rotatable bonds is 4. The Bertz CT molecular complexity index is 1010. The van der Waals surface area contributed by atoms with Gasteiger partial charge in [-0.25, -0.2) is 9.78 Å². The van der Waals surface area contributed by atoms with Crippen LogP contribution < -0.4 is 10.2 Å². The second kappa shape index (κ2) is 8.90. The summed E-state index contributed by atoms with van der Waals surface area (Å²) in [7, 11) is 0. The molecule has 4 rings (SSSR count). The van der Waals surface area contributed by atoms with Crippen LogP contribution in [0, 0.1) is 0 Å². The lowest BCUT2D eigenvalue weighted by Gasteiger charge is -2.45. The van der Waals surface area contributed by atoms with Crippen molar-refractivity contribution in [3.05, 3.63) is 16.9 Å². The Morgan fingerprint density at radius 2 is 2.12 bits per heavy atom. The van der Waals surface area contributed by atoms with E-state index >= 15 is 0 Å². The number of hydrogen-bond acceptors (Lipinski definition) is 5. The number of H-pyrrole nitrogens is 1. The molecule has 4 heterocycles. The first-order chi connectivity index (χ1) is 15.2. The number of amides is 2. The minimum absolute atomic E-state index is 0.139. The van der Waals surface area contributed by atoms with Crippen LogP contribution in [0.5, 0.6) is 0 Å². The van der Waals surface area contributed by atoms with Gasteiger partial charge in [0.25, 0.3) is 5.91 Å². The fourth-order valence-corrected chi connectivity index (χ4v) is 5.37. The monoisotopic (exact) mass is 507 g/mol. The van der Waals surface area contributed by atoms with E-state index in [4.69, 9.17) is 4.74 Å². The van der Waals surface area contributed by atoms with Gasteiger partial charge in [-0.15, -0.1) is 0 Å². The second-order valence-corrected chi connectivity index (χ2v) is 10.3. The van der Waals surface area contributed by atoms with Crippen LogP contribution in [-0.4, -0.2) is 69.4 Å². The maximum atomic E-state index is 12.7. The predicted octanol–water partition coefficient (Wildman–Crippen LogP) is 4.19. The third-order valence-corrected chi connectivity index (χ3v) is 6.70. The first-order valence-electron chi connectivity index (χ1n) is 11.0. The molecule has 2 fully saturated rings. The van der Waals surface area contributed by atoms with E-state index in [2.05, 4.69) is 36.1 Å². The van der Waals surface area contributed by atoms with Gasteiger partial charge >= 0.3 is 6.09 Å². The van der Waals surface area contributed by atoms with Gasteiger partial charge in [-0.2, -0.15) is 0 Å². The van der Waals surface area contributed by atoms with E-state index in [1.807, 2.05) is 20.8 Å². The van der Waals surface area contributed by atoms with Crippen LogP contribution >= 0.6 is 15.9 Å². The normalized spacial score (nSPS) is 21.7. The van der Waals surface area contributed by atoms with Crippen molar-refractivity contribution in [3.63, 3.8) is 0 Å². The van der Waals surface area contributed by atoms with Gasteiger partial charge in [0.05, 0.1) is 27.3 Å². The van der Waals surface area contributed by atoms with Crippen molar-refractivity contribution < 1.29 is 19.4 Å². The lowest BCUT2D eigenvalue weighted by molar-refractivity contribution is -0.124. The fourth-order valence-electron chi connectivity index (χ4n) is 4.82. The summed E-state index contributed by atoms with van der Waals surface area (Å²) in [4.78, 5) is 36.1. The summed E-state index contributed by atoms with van der Waals surface area (Å²) in [5.74, 6) is -0.157. The van der Waals surface area contributed by atoms with Gasteiger partial charge in [0.1, 0.15) is 11.8 Å². The summed E-state index contributed by atoms with van der Waals surface area (Å²) < 4.78 is 6.32. The molecule has 0 saturated carbocycles. The maximum absolute atomic E-state index is 12.7. The number of anilines is 2. The molecular formula is C22H30BrN5O4. The molecule has 2 aliphatic heterocycles. The molecule has 2 amide bonds. The van der Waals surface area contributed by atoms with Crippen LogP contribution in [0.25, 0.3) is 11.0 Å². The summed E-state index contributed by atoms with van der Waals surface area (Å²) in [6.07, 6.45) is 5.42. The molecule has 2 aliphatic rings. The molecule has 0 aliphatic carbocycles. The van der Waals surface area contributed by atoms with Crippen molar-refractivity contribution in [2.24, 2.45) is 0 Å². The average Bonchev–Trinajstić information content (AvgIpc) is 3.37. The van der Waals surface area contributed by atoms with E-state index in [9.17, 15) is 14.7 Å². The van der Waals surface area contributed by atoms with Crippen molar-refractivity contribution in [2.75, 3.05) is 29.9 Å². The molecular weight excluding hydrogens is 478 g/mol. The summed E-state index contributed by atoms with van der Waals surface area (Å²) >= 11 is 3.64. The van der Waals surface area contributed by atoms with E-state index in [1.165, 1.54) is 0 Å². The van der Waals surface area contributed by atoms with Gasteiger partial charge < -0.3 is 25.0 Å². The number of aromatic nitrogens is 2. The molecule has 3 N–H and O–H groups in total. The Labute approximate surface area is 195 Å². The number of fused-ring (bicyclic) bond motifs is 1. The number of nitrogens with zero attached hydrogens (tertiary/aromatic N) is 3. The quantitative estimate of drug-likeness (QED) is 0.571. The predicted molar refractivity (Wildman–Crippen MR) is 126 cm³/mol. The number of nitrogens with one attached hydrogen (secondary N) is 2. The van der Waals surface area contributed by atoms with Crippen LogP contribution in [0.3, 0.4) is 0 Å².